The maximum Gasteiger partial charge on any atom is 0.192 e. The average Bonchev–Trinajstić information content (AvgIpc) is 2.53. The molecule has 0 unspecified atom stereocenters. The smallest absolute Gasteiger partial charge is 0.192 e. The van der Waals surface area contributed by atoms with Crippen molar-refractivity contribution in [3.8, 4) is 0 Å². The minimum atomic E-state index is -1.67. The predicted molar refractivity (Wildman–Crippen MR) is 119 cm³/mol. The highest BCUT2D eigenvalue weighted by atomic mass is 28.4. The summed E-state index contributed by atoms with van der Waals surface area (Å²) in [5.74, 6) is 0. The second kappa shape index (κ2) is 14.2. The first kappa shape index (κ1) is 26.1. The Balaban J connectivity index is 4.19. The summed E-state index contributed by atoms with van der Waals surface area (Å²) < 4.78 is 6.73. The molecule has 2 atom stereocenters. The Morgan fingerprint density at radius 2 is 1.15 bits per heavy atom. The monoisotopic (exact) mass is 386 g/mol. The van der Waals surface area contributed by atoms with E-state index in [9.17, 15) is 5.11 Å². The maximum atomic E-state index is 10.1. The van der Waals surface area contributed by atoms with Crippen LogP contribution in [0.1, 0.15) is 118 Å². The van der Waals surface area contributed by atoms with Gasteiger partial charge >= 0.3 is 0 Å². The van der Waals surface area contributed by atoms with Gasteiger partial charge in [-0.3, -0.25) is 0 Å². The molecule has 26 heavy (non-hydrogen) atoms. The lowest BCUT2D eigenvalue weighted by atomic mass is 10.0. The van der Waals surface area contributed by atoms with Crippen LogP contribution >= 0.6 is 0 Å². The van der Waals surface area contributed by atoms with Crippen LogP contribution in [0.15, 0.2) is 0 Å². The Hall–Kier alpha value is 0.137. The Morgan fingerprint density at radius 3 is 1.62 bits per heavy atom. The highest BCUT2D eigenvalue weighted by molar-refractivity contribution is 6.74. The number of unbranched alkanes of at least 4 members (excludes halogenated alkanes) is 6. The van der Waals surface area contributed by atoms with Crippen molar-refractivity contribution in [2.24, 2.45) is 0 Å². The molecule has 0 bridgehead atoms. The van der Waals surface area contributed by atoms with Crippen LogP contribution in [-0.2, 0) is 4.43 Å². The molecule has 0 aromatic rings. The van der Waals surface area contributed by atoms with E-state index in [0.717, 1.165) is 19.3 Å². The first-order valence-corrected chi connectivity index (χ1v) is 14.4. The van der Waals surface area contributed by atoms with Gasteiger partial charge in [-0.05, 0) is 43.8 Å². The van der Waals surface area contributed by atoms with Crippen molar-refractivity contribution < 1.29 is 9.53 Å². The van der Waals surface area contributed by atoms with Gasteiger partial charge in [0.15, 0.2) is 8.32 Å². The number of hydrogen-bond donors (Lipinski definition) is 1. The van der Waals surface area contributed by atoms with E-state index in [4.69, 9.17) is 4.43 Å². The van der Waals surface area contributed by atoms with Gasteiger partial charge < -0.3 is 9.53 Å². The Morgan fingerprint density at radius 1 is 0.731 bits per heavy atom. The molecular weight excluding hydrogens is 336 g/mol. The highest BCUT2D eigenvalue weighted by Gasteiger charge is 2.38. The molecular formula is C23H50O2Si. The van der Waals surface area contributed by atoms with Crippen LogP contribution < -0.4 is 0 Å². The van der Waals surface area contributed by atoms with E-state index in [2.05, 4.69) is 47.7 Å². The van der Waals surface area contributed by atoms with Crippen LogP contribution in [0, 0.1) is 0 Å². The van der Waals surface area contributed by atoms with Crippen molar-refractivity contribution in [3.05, 3.63) is 0 Å². The van der Waals surface area contributed by atoms with Gasteiger partial charge in [0.1, 0.15) is 0 Å². The molecule has 0 saturated carbocycles. The fourth-order valence-corrected chi connectivity index (χ4v) is 4.60. The van der Waals surface area contributed by atoms with Gasteiger partial charge in [-0.25, -0.2) is 0 Å². The van der Waals surface area contributed by atoms with Crippen LogP contribution in [0.4, 0.5) is 0 Å². The molecule has 0 rings (SSSR count). The first-order valence-electron chi connectivity index (χ1n) is 11.5. The summed E-state index contributed by atoms with van der Waals surface area (Å²) >= 11 is 0. The van der Waals surface area contributed by atoms with E-state index in [0.29, 0.717) is 11.1 Å². The van der Waals surface area contributed by atoms with Crippen molar-refractivity contribution in [2.45, 2.75) is 148 Å². The molecule has 0 aromatic carbocycles. The quantitative estimate of drug-likeness (QED) is 0.216. The number of aliphatic hydroxyl groups is 1. The van der Waals surface area contributed by atoms with E-state index >= 15 is 0 Å². The summed E-state index contributed by atoms with van der Waals surface area (Å²) in [6.45, 7) is 16.3. The summed E-state index contributed by atoms with van der Waals surface area (Å²) in [6.07, 6.45) is 16.0. The van der Waals surface area contributed by atoms with E-state index in [1.165, 1.54) is 64.2 Å². The van der Waals surface area contributed by atoms with E-state index in [1.54, 1.807) is 0 Å². The van der Waals surface area contributed by atoms with Crippen molar-refractivity contribution in [1.29, 1.82) is 0 Å². The predicted octanol–water partition coefficient (Wildman–Crippen LogP) is 7.85. The normalized spacial score (nSPS) is 15.2. The summed E-state index contributed by atoms with van der Waals surface area (Å²) in [4.78, 5) is 0. The van der Waals surface area contributed by atoms with E-state index in [-0.39, 0.29) is 6.10 Å². The van der Waals surface area contributed by atoms with Crippen LogP contribution in [0.3, 0.4) is 0 Å². The van der Waals surface area contributed by atoms with E-state index < -0.39 is 8.32 Å². The average molecular weight is 387 g/mol. The van der Waals surface area contributed by atoms with Gasteiger partial charge in [-0.2, -0.15) is 0 Å². The lowest BCUT2D eigenvalue weighted by molar-refractivity contribution is 0.142. The summed E-state index contributed by atoms with van der Waals surface area (Å²) in [5, 5.41) is 10.3. The fourth-order valence-electron chi connectivity index (χ4n) is 3.18. The topological polar surface area (TPSA) is 29.5 Å². The van der Waals surface area contributed by atoms with Crippen molar-refractivity contribution in [2.75, 3.05) is 0 Å². The third-order valence-electron chi connectivity index (χ3n) is 6.10. The summed E-state index contributed by atoms with van der Waals surface area (Å²) in [7, 11) is -1.67. The van der Waals surface area contributed by atoms with Gasteiger partial charge in [0.2, 0.25) is 0 Å². The molecule has 0 aromatic heterocycles. The molecule has 158 valence electrons. The van der Waals surface area contributed by atoms with Crippen molar-refractivity contribution in [3.63, 3.8) is 0 Å². The molecule has 0 spiro atoms. The van der Waals surface area contributed by atoms with Crippen molar-refractivity contribution in [1.82, 2.24) is 0 Å². The largest absolute Gasteiger partial charge is 0.414 e. The minimum Gasteiger partial charge on any atom is -0.414 e. The van der Waals surface area contributed by atoms with Gasteiger partial charge in [0.25, 0.3) is 0 Å². The molecule has 0 fully saturated rings. The Labute approximate surface area is 166 Å². The Kier molecular flexibility index (Phi) is 14.3. The zero-order chi connectivity index (χ0) is 20.1. The number of hydrogen-bond acceptors (Lipinski definition) is 2. The SMILES string of the molecule is CCCCC[C@@H](O)CCCCC[C@@H](CCCCC)O[Si](C)(C)C(C)(C)C. The number of rotatable bonds is 16. The summed E-state index contributed by atoms with van der Waals surface area (Å²) in [5.41, 5.74) is 0. The molecule has 0 aliphatic carbocycles. The van der Waals surface area contributed by atoms with Crippen molar-refractivity contribution >= 4 is 8.32 Å². The second-order valence-corrected chi connectivity index (χ2v) is 14.5. The van der Waals surface area contributed by atoms with Gasteiger partial charge in [0.05, 0.1) is 6.10 Å². The highest BCUT2D eigenvalue weighted by Crippen LogP contribution is 2.38. The molecule has 0 aliphatic rings. The molecule has 0 aliphatic heterocycles. The van der Waals surface area contributed by atoms with Crippen LogP contribution in [0.2, 0.25) is 18.1 Å². The summed E-state index contributed by atoms with van der Waals surface area (Å²) in [6, 6.07) is 0. The molecule has 3 heteroatoms. The van der Waals surface area contributed by atoms with Crippen LogP contribution in [0.5, 0.6) is 0 Å². The maximum absolute atomic E-state index is 10.1. The third kappa shape index (κ3) is 12.5. The molecule has 1 N–H and O–H groups in total. The van der Waals surface area contributed by atoms with Crippen LogP contribution in [-0.4, -0.2) is 25.6 Å². The van der Waals surface area contributed by atoms with Gasteiger partial charge in [-0.15, -0.1) is 0 Å². The van der Waals surface area contributed by atoms with E-state index in [1.807, 2.05) is 0 Å². The Bertz CT molecular complexity index is 323. The fraction of sp³-hybridized carbons (Fsp3) is 1.00. The molecule has 0 radical (unpaired) electrons. The zero-order valence-corrected chi connectivity index (χ0v) is 20.2. The first-order chi connectivity index (χ1) is 12.1. The molecule has 2 nitrogen and oxygen atoms in total. The third-order valence-corrected chi connectivity index (χ3v) is 10.6. The molecule has 0 heterocycles. The van der Waals surface area contributed by atoms with Gasteiger partial charge in [-0.1, -0.05) is 92.4 Å². The lowest BCUT2D eigenvalue weighted by Gasteiger charge is -2.39. The lowest BCUT2D eigenvalue weighted by Crippen LogP contribution is -2.44. The number of aliphatic hydroxyl groups excluding tert-OH is 1. The minimum absolute atomic E-state index is 0.0783. The second-order valence-electron chi connectivity index (χ2n) is 9.78. The molecule has 0 amide bonds. The standard InChI is InChI=1S/C23H50O2Si/c1-8-10-13-17-21(24)18-15-12-16-20-22(19-14-11-9-2)25-26(6,7)23(3,4)5/h21-22,24H,8-20H2,1-7H3/t21-,22-/m1/s1. The van der Waals surface area contributed by atoms with Crippen LogP contribution in [0.25, 0.3) is 0 Å². The zero-order valence-electron chi connectivity index (χ0n) is 19.2. The van der Waals surface area contributed by atoms with Gasteiger partial charge in [0, 0.05) is 6.10 Å². The molecule has 0 saturated heterocycles.